The van der Waals surface area contributed by atoms with Gasteiger partial charge in [0.2, 0.25) is 15.9 Å². The Morgan fingerprint density at radius 1 is 1.19 bits per heavy atom. The first kappa shape index (κ1) is 22.1. The topological polar surface area (TPSA) is 87.3 Å². The van der Waals surface area contributed by atoms with Crippen LogP contribution in [0.2, 0.25) is 0 Å². The number of anilines is 1. The van der Waals surface area contributed by atoms with Gasteiger partial charge in [0, 0.05) is 29.7 Å². The zero-order valence-corrected chi connectivity index (χ0v) is 17.8. The fourth-order valence-electron chi connectivity index (χ4n) is 4.02. The lowest BCUT2D eigenvalue weighted by atomic mass is 9.89. The minimum Gasteiger partial charge on any atom is -0.326 e. The summed E-state index contributed by atoms with van der Waals surface area (Å²) in [5, 5.41) is 6.44. The molecule has 2 aliphatic rings. The van der Waals surface area contributed by atoms with E-state index in [1.807, 2.05) is 0 Å². The Morgan fingerprint density at radius 3 is 2.41 bits per heavy atom. The number of halogens is 1. The van der Waals surface area contributed by atoms with E-state index in [1.54, 1.807) is 32.9 Å². The second-order valence-corrected chi connectivity index (χ2v) is 10.3. The summed E-state index contributed by atoms with van der Waals surface area (Å²) >= 11 is 0. The Hall–Kier alpha value is -1.15. The number of benzene rings is 1. The molecule has 0 aliphatic carbocycles. The van der Waals surface area contributed by atoms with Crippen LogP contribution >= 0.6 is 12.4 Å². The average molecular weight is 416 g/mol. The van der Waals surface area contributed by atoms with Crippen molar-refractivity contribution in [2.45, 2.75) is 75.4 Å². The number of hydrogen-bond donors (Lipinski definition) is 3. The van der Waals surface area contributed by atoms with Crippen LogP contribution < -0.4 is 15.4 Å². The van der Waals surface area contributed by atoms with Gasteiger partial charge in [0.1, 0.15) is 0 Å². The van der Waals surface area contributed by atoms with Gasteiger partial charge in [0.15, 0.2) is 0 Å². The summed E-state index contributed by atoms with van der Waals surface area (Å²) in [5.41, 5.74) is -0.0457. The SMILES string of the molecule is CC(C)(C)NS(=O)(=O)c1cccc(NC(=O)CC2CC3CCC(C2)N3)c1.Cl. The number of carbonyl (C=O) groups is 1. The molecule has 3 rings (SSSR count). The number of amides is 1. The molecule has 0 saturated carbocycles. The largest absolute Gasteiger partial charge is 0.326 e. The molecule has 0 radical (unpaired) electrons. The molecule has 0 aromatic heterocycles. The molecule has 0 spiro atoms. The normalized spacial score (nSPS) is 24.9. The van der Waals surface area contributed by atoms with Crippen molar-refractivity contribution in [1.29, 1.82) is 0 Å². The number of piperidine rings is 1. The van der Waals surface area contributed by atoms with E-state index < -0.39 is 15.6 Å². The lowest BCUT2D eigenvalue weighted by Crippen LogP contribution is -2.40. The molecule has 8 heteroatoms. The first-order chi connectivity index (χ1) is 12.1. The minimum absolute atomic E-state index is 0. The maximum atomic E-state index is 12.5. The zero-order chi connectivity index (χ0) is 18.9. The van der Waals surface area contributed by atoms with E-state index in [2.05, 4.69) is 15.4 Å². The number of carbonyl (C=O) groups excluding carboxylic acids is 1. The Morgan fingerprint density at radius 2 is 1.81 bits per heavy atom. The highest BCUT2D eigenvalue weighted by Crippen LogP contribution is 2.32. The number of nitrogens with one attached hydrogen (secondary N) is 3. The van der Waals surface area contributed by atoms with Gasteiger partial charge in [-0.1, -0.05) is 6.07 Å². The standard InChI is InChI=1S/C19H29N3O3S.ClH/c1-19(2,3)22-26(24,25)17-6-4-5-14(12-17)21-18(23)11-13-9-15-7-8-16(10-13)20-15;/h4-6,12-13,15-16,20,22H,7-11H2,1-3H3,(H,21,23);1H. The molecule has 2 aliphatic heterocycles. The van der Waals surface area contributed by atoms with Crippen molar-refractivity contribution in [3.8, 4) is 0 Å². The molecule has 1 aromatic rings. The van der Waals surface area contributed by atoms with Gasteiger partial charge in [0.25, 0.3) is 0 Å². The highest BCUT2D eigenvalue weighted by molar-refractivity contribution is 7.89. The Labute approximate surface area is 168 Å². The van der Waals surface area contributed by atoms with Crippen LogP contribution in [0, 0.1) is 5.92 Å². The molecule has 2 bridgehead atoms. The predicted molar refractivity (Wildman–Crippen MR) is 110 cm³/mol. The molecule has 2 heterocycles. The summed E-state index contributed by atoms with van der Waals surface area (Å²) < 4.78 is 27.5. The second kappa shape index (κ2) is 8.47. The van der Waals surface area contributed by atoms with Crippen LogP contribution in [0.1, 0.15) is 52.9 Å². The maximum Gasteiger partial charge on any atom is 0.241 e. The van der Waals surface area contributed by atoms with Gasteiger partial charge < -0.3 is 10.6 Å². The van der Waals surface area contributed by atoms with E-state index in [0.29, 0.717) is 30.1 Å². The van der Waals surface area contributed by atoms with Gasteiger partial charge in [-0.05, 0) is 70.6 Å². The summed E-state index contributed by atoms with van der Waals surface area (Å²) in [6.45, 7) is 5.38. The summed E-state index contributed by atoms with van der Waals surface area (Å²) in [5.74, 6) is 0.359. The van der Waals surface area contributed by atoms with Crippen LogP contribution in [0.25, 0.3) is 0 Å². The first-order valence-electron chi connectivity index (χ1n) is 9.31. The summed E-state index contributed by atoms with van der Waals surface area (Å²) in [4.78, 5) is 12.6. The van der Waals surface area contributed by atoms with Crippen LogP contribution in [-0.4, -0.2) is 31.9 Å². The highest BCUT2D eigenvalue weighted by Gasteiger charge is 2.34. The van der Waals surface area contributed by atoms with Gasteiger partial charge in [-0.2, -0.15) is 0 Å². The molecule has 1 amide bonds. The summed E-state index contributed by atoms with van der Waals surface area (Å²) in [7, 11) is -3.62. The van der Waals surface area contributed by atoms with E-state index >= 15 is 0 Å². The van der Waals surface area contributed by atoms with Crippen molar-refractivity contribution in [3.63, 3.8) is 0 Å². The Kier molecular flexibility index (Phi) is 6.95. The Bertz CT molecular complexity index is 765. The van der Waals surface area contributed by atoms with Gasteiger partial charge >= 0.3 is 0 Å². The predicted octanol–water partition coefficient (Wildman–Crippen LogP) is 3.04. The van der Waals surface area contributed by atoms with Crippen molar-refractivity contribution < 1.29 is 13.2 Å². The molecule has 2 unspecified atom stereocenters. The third-order valence-electron chi connectivity index (χ3n) is 4.91. The lowest BCUT2D eigenvalue weighted by molar-refractivity contribution is -0.117. The van der Waals surface area contributed by atoms with E-state index in [9.17, 15) is 13.2 Å². The van der Waals surface area contributed by atoms with Crippen molar-refractivity contribution in [3.05, 3.63) is 24.3 Å². The van der Waals surface area contributed by atoms with Crippen LogP contribution in [0.3, 0.4) is 0 Å². The number of hydrogen-bond acceptors (Lipinski definition) is 4. The minimum atomic E-state index is -3.62. The fraction of sp³-hybridized carbons (Fsp3) is 0.632. The van der Waals surface area contributed by atoms with Crippen molar-refractivity contribution in [1.82, 2.24) is 10.0 Å². The number of sulfonamides is 1. The third kappa shape index (κ3) is 6.17. The first-order valence-corrected chi connectivity index (χ1v) is 10.8. The smallest absolute Gasteiger partial charge is 0.241 e. The number of fused-ring (bicyclic) bond motifs is 2. The van der Waals surface area contributed by atoms with Crippen molar-refractivity contribution in [2.75, 3.05) is 5.32 Å². The fourth-order valence-corrected chi connectivity index (χ4v) is 5.48. The van der Waals surface area contributed by atoms with Gasteiger partial charge in [-0.15, -0.1) is 12.4 Å². The van der Waals surface area contributed by atoms with E-state index in [4.69, 9.17) is 0 Å². The Balaban J connectivity index is 0.00000261. The molecule has 6 nitrogen and oxygen atoms in total. The van der Waals surface area contributed by atoms with Gasteiger partial charge in [-0.25, -0.2) is 13.1 Å². The van der Waals surface area contributed by atoms with E-state index in [-0.39, 0.29) is 23.2 Å². The van der Waals surface area contributed by atoms with Crippen LogP contribution in [0.5, 0.6) is 0 Å². The van der Waals surface area contributed by atoms with Gasteiger partial charge in [-0.3, -0.25) is 4.79 Å². The summed E-state index contributed by atoms with van der Waals surface area (Å²) in [6.07, 6.45) is 5.01. The van der Waals surface area contributed by atoms with Crippen LogP contribution in [0.4, 0.5) is 5.69 Å². The molecular formula is C19H30ClN3O3S. The van der Waals surface area contributed by atoms with E-state index in [0.717, 1.165) is 12.8 Å². The second-order valence-electron chi connectivity index (χ2n) is 8.61. The molecule has 2 saturated heterocycles. The maximum absolute atomic E-state index is 12.5. The number of rotatable bonds is 5. The molecule has 1 aromatic carbocycles. The molecule has 2 atom stereocenters. The molecule has 27 heavy (non-hydrogen) atoms. The van der Waals surface area contributed by atoms with Crippen molar-refractivity contribution >= 4 is 34.0 Å². The molecule has 3 N–H and O–H groups in total. The van der Waals surface area contributed by atoms with Crippen LogP contribution in [-0.2, 0) is 14.8 Å². The summed E-state index contributed by atoms with van der Waals surface area (Å²) in [6, 6.07) is 7.54. The molecular weight excluding hydrogens is 386 g/mol. The zero-order valence-electron chi connectivity index (χ0n) is 16.1. The van der Waals surface area contributed by atoms with Gasteiger partial charge in [0.05, 0.1) is 4.90 Å². The monoisotopic (exact) mass is 415 g/mol. The lowest BCUT2D eigenvalue weighted by Gasteiger charge is -2.28. The molecule has 152 valence electrons. The molecule has 2 fully saturated rings. The highest BCUT2D eigenvalue weighted by atomic mass is 35.5. The third-order valence-corrected chi connectivity index (χ3v) is 6.67. The average Bonchev–Trinajstić information content (AvgIpc) is 2.84. The quantitative estimate of drug-likeness (QED) is 0.689. The van der Waals surface area contributed by atoms with E-state index in [1.165, 1.54) is 25.0 Å². The van der Waals surface area contributed by atoms with Crippen LogP contribution in [0.15, 0.2) is 29.2 Å². The van der Waals surface area contributed by atoms with Crippen molar-refractivity contribution in [2.24, 2.45) is 5.92 Å².